The first-order valence-corrected chi connectivity index (χ1v) is 7.79. The minimum Gasteiger partial charge on any atom is -0.309 e. The van der Waals surface area contributed by atoms with Crippen LogP contribution in [0.2, 0.25) is 0 Å². The first-order chi connectivity index (χ1) is 11.1. The van der Waals surface area contributed by atoms with E-state index in [2.05, 4.69) is 25.4 Å². The first-order valence-electron chi connectivity index (χ1n) is 7.79. The molecule has 1 amide bonds. The van der Waals surface area contributed by atoms with Crippen LogP contribution in [0.25, 0.3) is 0 Å². The van der Waals surface area contributed by atoms with Gasteiger partial charge < -0.3 is 5.32 Å². The number of hydrogen-bond donors (Lipinski definition) is 2. The maximum absolute atomic E-state index is 12.9. The van der Waals surface area contributed by atoms with E-state index in [9.17, 15) is 9.18 Å². The summed E-state index contributed by atoms with van der Waals surface area (Å²) in [6.07, 6.45) is 4.97. The summed E-state index contributed by atoms with van der Waals surface area (Å²) >= 11 is 0. The number of aromatic amines is 1. The van der Waals surface area contributed by atoms with Crippen LogP contribution in [0, 0.1) is 5.82 Å². The first kappa shape index (κ1) is 15.6. The highest BCUT2D eigenvalue weighted by atomic mass is 19.1. The van der Waals surface area contributed by atoms with Gasteiger partial charge in [0, 0.05) is 24.4 Å². The Bertz CT molecular complexity index is 643. The highest BCUT2D eigenvalue weighted by Gasteiger charge is 2.28. The summed E-state index contributed by atoms with van der Waals surface area (Å²) in [5, 5.41) is 9.76. The second kappa shape index (κ2) is 6.87. The Hall–Kier alpha value is -2.28. The van der Waals surface area contributed by atoms with Crippen LogP contribution in [-0.2, 0) is 4.79 Å². The van der Waals surface area contributed by atoms with Crippen molar-refractivity contribution >= 4 is 11.7 Å². The van der Waals surface area contributed by atoms with Crippen molar-refractivity contribution in [2.45, 2.75) is 31.7 Å². The molecule has 23 heavy (non-hydrogen) atoms. The zero-order chi connectivity index (χ0) is 16.2. The van der Waals surface area contributed by atoms with Crippen LogP contribution >= 0.6 is 0 Å². The van der Waals surface area contributed by atoms with Crippen LogP contribution in [0.3, 0.4) is 0 Å². The molecule has 2 aromatic heterocycles. The third-order valence-electron chi connectivity index (χ3n) is 4.32. The topological polar surface area (TPSA) is 73.9 Å². The molecule has 7 heteroatoms. The molecule has 0 spiro atoms. The van der Waals surface area contributed by atoms with Crippen LogP contribution in [0.4, 0.5) is 10.2 Å². The van der Waals surface area contributed by atoms with Crippen molar-refractivity contribution in [1.29, 1.82) is 0 Å². The SMILES string of the molecule is C[C@@H](C(=O)Nc1ccc(F)cn1)N1CCC[C@H](c2ccn[nH]2)C1. The fraction of sp³-hybridized carbons (Fsp3) is 0.438. The Morgan fingerprint density at radius 1 is 1.48 bits per heavy atom. The maximum Gasteiger partial charge on any atom is 0.242 e. The van der Waals surface area contributed by atoms with E-state index in [0.29, 0.717) is 11.7 Å². The van der Waals surface area contributed by atoms with Crippen LogP contribution in [0.5, 0.6) is 0 Å². The van der Waals surface area contributed by atoms with Gasteiger partial charge in [-0.05, 0) is 44.5 Å². The number of piperidine rings is 1. The summed E-state index contributed by atoms with van der Waals surface area (Å²) in [5.74, 6) is 0.180. The molecule has 122 valence electrons. The van der Waals surface area contributed by atoms with Gasteiger partial charge in [-0.2, -0.15) is 5.10 Å². The van der Waals surface area contributed by atoms with Gasteiger partial charge in [-0.1, -0.05) is 0 Å². The second-order valence-corrected chi connectivity index (χ2v) is 5.87. The van der Waals surface area contributed by atoms with Crippen molar-refractivity contribution < 1.29 is 9.18 Å². The molecule has 0 aromatic carbocycles. The molecule has 0 unspecified atom stereocenters. The number of rotatable bonds is 4. The molecule has 0 aliphatic carbocycles. The van der Waals surface area contributed by atoms with Gasteiger partial charge in [0.1, 0.15) is 11.6 Å². The molecule has 0 saturated carbocycles. The summed E-state index contributed by atoms with van der Waals surface area (Å²) in [7, 11) is 0. The lowest BCUT2D eigenvalue weighted by molar-refractivity contribution is -0.121. The van der Waals surface area contributed by atoms with Crippen molar-refractivity contribution in [3.05, 3.63) is 42.1 Å². The molecule has 3 rings (SSSR count). The summed E-state index contributed by atoms with van der Waals surface area (Å²) in [4.78, 5) is 18.4. The molecule has 3 heterocycles. The molecule has 6 nitrogen and oxygen atoms in total. The number of aromatic nitrogens is 3. The fourth-order valence-corrected chi connectivity index (χ4v) is 2.95. The van der Waals surface area contributed by atoms with E-state index in [-0.39, 0.29) is 11.9 Å². The van der Waals surface area contributed by atoms with Gasteiger partial charge in [-0.3, -0.25) is 14.8 Å². The lowest BCUT2D eigenvalue weighted by Gasteiger charge is -2.35. The van der Waals surface area contributed by atoms with Gasteiger partial charge >= 0.3 is 0 Å². The molecular weight excluding hydrogens is 297 g/mol. The van der Waals surface area contributed by atoms with Gasteiger partial charge in [-0.25, -0.2) is 9.37 Å². The van der Waals surface area contributed by atoms with Crippen molar-refractivity contribution in [1.82, 2.24) is 20.1 Å². The number of pyridine rings is 1. The van der Waals surface area contributed by atoms with E-state index in [1.54, 1.807) is 6.20 Å². The number of anilines is 1. The van der Waals surface area contributed by atoms with Gasteiger partial charge in [0.2, 0.25) is 5.91 Å². The predicted molar refractivity (Wildman–Crippen MR) is 84.4 cm³/mol. The van der Waals surface area contributed by atoms with E-state index >= 15 is 0 Å². The summed E-state index contributed by atoms with van der Waals surface area (Å²) in [5.41, 5.74) is 1.11. The number of hydrogen-bond acceptors (Lipinski definition) is 4. The average molecular weight is 317 g/mol. The lowest BCUT2D eigenvalue weighted by Crippen LogP contribution is -2.46. The monoisotopic (exact) mass is 317 g/mol. The summed E-state index contributed by atoms with van der Waals surface area (Å²) in [6, 6.07) is 4.46. The van der Waals surface area contributed by atoms with Gasteiger partial charge in [-0.15, -0.1) is 0 Å². The minimum absolute atomic E-state index is 0.130. The maximum atomic E-state index is 12.9. The molecule has 1 fully saturated rings. The lowest BCUT2D eigenvalue weighted by atomic mass is 9.94. The number of H-pyrrole nitrogens is 1. The molecular formula is C16H20FN5O. The third-order valence-corrected chi connectivity index (χ3v) is 4.32. The van der Waals surface area contributed by atoms with Crippen molar-refractivity contribution in [3.63, 3.8) is 0 Å². The van der Waals surface area contributed by atoms with Gasteiger partial charge in [0.05, 0.1) is 12.2 Å². The Balaban J connectivity index is 1.61. The third kappa shape index (κ3) is 3.73. The minimum atomic E-state index is -0.422. The Morgan fingerprint density at radius 2 is 2.35 bits per heavy atom. The molecule has 1 saturated heterocycles. The molecule has 2 N–H and O–H groups in total. The highest BCUT2D eigenvalue weighted by Crippen LogP contribution is 2.26. The highest BCUT2D eigenvalue weighted by molar-refractivity contribution is 5.93. The molecule has 0 radical (unpaired) electrons. The van der Waals surface area contributed by atoms with E-state index in [1.165, 1.54) is 12.1 Å². The van der Waals surface area contributed by atoms with Crippen LogP contribution in [-0.4, -0.2) is 45.1 Å². The number of likely N-dealkylation sites (tertiary alicyclic amines) is 1. The number of halogens is 1. The largest absolute Gasteiger partial charge is 0.309 e. The number of carbonyl (C=O) groups excluding carboxylic acids is 1. The van der Waals surface area contributed by atoms with Crippen molar-refractivity contribution in [3.8, 4) is 0 Å². The number of carbonyl (C=O) groups is 1. The average Bonchev–Trinajstić information content (AvgIpc) is 3.11. The fourth-order valence-electron chi connectivity index (χ4n) is 2.95. The summed E-state index contributed by atoms with van der Waals surface area (Å²) in [6.45, 7) is 3.58. The van der Waals surface area contributed by atoms with Crippen LogP contribution in [0.15, 0.2) is 30.6 Å². The van der Waals surface area contributed by atoms with Gasteiger partial charge in [0.15, 0.2) is 0 Å². The standard InChI is InChI=1S/C16H20FN5O/c1-11(16(23)20-15-5-4-13(17)9-18-15)22-8-2-3-12(10-22)14-6-7-19-21-14/h4-7,9,11-12H,2-3,8,10H2,1H3,(H,19,21)(H,18,20,23)/t11-,12-/m0/s1. The normalized spacial score (nSPS) is 20.2. The van der Waals surface area contributed by atoms with Crippen LogP contribution in [0.1, 0.15) is 31.4 Å². The Morgan fingerprint density at radius 3 is 3.04 bits per heavy atom. The van der Waals surface area contributed by atoms with Crippen LogP contribution < -0.4 is 5.32 Å². The second-order valence-electron chi connectivity index (χ2n) is 5.87. The molecule has 0 bridgehead atoms. The molecule has 1 aliphatic heterocycles. The van der Waals surface area contributed by atoms with E-state index in [4.69, 9.17) is 0 Å². The van der Waals surface area contributed by atoms with E-state index in [0.717, 1.165) is 37.8 Å². The zero-order valence-electron chi connectivity index (χ0n) is 13.0. The van der Waals surface area contributed by atoms with E-state index < -0.39 is 5.82 Å². The number of nitrogens with zero attached hydrogens (tertiary/aromatic N) is 3. The van der Waals surface area contributed by atoms with Crippen molar-refractivity contribution in [2.75, 3.05) is 18.4 Å². The predicted octanol–water partition coefficient (Wildman–Crippen LogP) is 2.15. The molecule has 2 atom stereocenters. The van der Waals surface area contributed by atoms with E-state index in [1.807, 2.05) is 13.0 Å². The summed E-state index contributed by atoms with van der Waals surface area (Å²) < 4.78 is 12.9. The zero-order valence-corrected chi connectivity index (χ0v) is 13.0. The number of amides is 1. The molecule has 2 aromatic rings. The van der Waals surface area contributed by atoms with Gasteiger partial charge in [0.25, 0.3) is 0 Å². The smallest absolute Gasteiger partial charge is 0.242 e. The Kier molecular flexibility index (Phi) is 4.66. The van der Waals surface area contributed by atoms with Crippen molar-refractivity contribution in [2.24, 2.45) is 0 Å². The quantitative estimate of drug-likeness (QED) is 0.906. The number of nitrogens with one attached hydrogen (secondary N) is 2. The molecule has 1 aliphatic rings. The Labute approximate surface area is 134 Å².